The smallest absolute Gasteiger partial charge is 0.229 e. The van der Waals surface area contributed by atoms with Crippen molar-refractivity contribution in [3.63, 3.8) is 0 Å². The van der Waals surface area contributed by atoms with Gasteiger partial charge in [0.2, 0.25) is 5.95 Å². The number of nitrogens with zero attached hydrogens (tertiary/aromatic N) is 3. The van der Waals surface area contributed by atoms with E-state index in [0.717, 1.165) is 5.56 Å². The van der Waals surface area contributed by atoms with Crippen LogP contribution in [0.1, 0.15) is 42.6 Å². The number of hydrogen-bond donors (Lipinski definition) is 2. The first-order valence-corrected chi connectivity index (χ1v) is 15.5. The van der Waals surface area contributed by atoms with Crippen molar-refractivity contribution in [1.29, 1.82) is 0 Å². The molecule has 0 amide bonds. The van der Waals surface area contributed by atoms with Crippen molar-refractivity contribution in [2.45, 2.75) is 43.3 Å². The number of thiazole rings is 1. The van der Waals surface area contributed by atoms with Gasteiger partial charge in [0, 0.05) is 23.9 Å². The van der Waals surface area contributed by atoms with E-state index >= 15 is 0 Å². The lowest BCUT2D eigenvalue weighted by Crippen LogP contribution is -2.16. The molecule has 0 aliphatic heterocycles. The Kier molecular flexibility index (Phi) is 8.36. The summed E-state index contributed by atoms with van der Waals surface area (Å²) in [5.41, 5.74) is 4.85. The number of aromatic nitrogens is 3. The van der Waals surface area contributed by atoms with Gasteiger partial charge < -0.3 is 10.6 Å². The summed E-state index contributed by atoms with van der Waals surface area (Å²) in [6.07, 6.45) is 3.26. The fourth-order valence-electron chi connectivity index (χ4n) is 4.29. The molecule has 0 bridgehead atoms. The Morgan fingerprint density at radius 2 is 1.80 bits per heavy atom. The molecule has 0 aliphatic carbocycles. The predicted molar refractivity (Wildman–Crippen MR) is 161 cm³/mol. The number of carbonyl (C=O) groups is 1. The normalized spacial score (nSPS) is 11.6. The molecule has 0 spiro atoms. The number of aryl methyl sites for hydroxylation is 1. The molecule has 0 fully saturated rings. The van der Waals surface area contributed by atoms with E-state index in [4.69, 9.17) is 0 Å². The maximum atomic E-state index is 13.3. The number of halogens is 1. The van der Waals surface area contributed by atoms with Gasteiger partial charge in [-0.2, -0.15) is 4.98 Å². The summed E-state index contributed by atoms with van der Waals surface area (Å²) in [6.45, 7) is 3.30. The van der Waals surface area contributed by atoms with Crippen molar-refractivity contribution in [2.75, 3.05) is 10.6 Å². The van der Waals surface area contributed by atoms with E-state index in [0.29, 0.717) is 52.2 Å². The third-order valence-corrected chi connectivity index (χ3v) is 9.72. The molecule has 11 heteroatoms. The van der Waals surface area contributed by atoms with Crippen molar-refractivity contribution >= 4 is 60.3 Å². The minimum Gasteiger partial charge on any atom is -0.339 e. The number of nitrogens with one attached hydrogen (secondary N) is 2. The maximum absolute atomic E-state index is 13.3. The molecular formula is C30H28FN5O3S2. The number of Topliss-reactive ketones (excluding diaryl/α,β-unsaturated/α-hetero) is 1. The van der Waals surface area contributed by atoms with Crippen molar-refractivity contribution in [3.05, 3.63) is 95.4 Å². The second-order valence-corrected chi connectivity index (χ2v) is 13.0. The van der Waals surface area contributed by atoms with Crippen LogP contribution < -0.4 is 10.6 Å². The van der Waals surface area contributed by atoms with E-state index in [-0.39, 0.29) is 22.4 Å². The molecule has 5 aromatic rings. The lowest BCUT2D eigenvalue weighted by atomic mass is 10.0. The number of anilines is 4. The SMILES string of the molecule is CC(C)S(=O)(=O)c1c(Nc2ccnc(Nc3cccc(C(=O)CCCc4ccc(F)cc4)c3)n2)ccc2ncsc12. The van der Waals surface area contributed by atoms with Gasteiger partial charge in [0.25, 0.3) is 0 Å². The predicted octanol–water partition coefficient (Wildman–Crippen LogP) is 7.10. The second kappa shape index (κ2) is 12.1. The Morgan fingerprint density at radius 3 is 2.59 bits per heavy atom. The van der Waals surface area contributed by atoms with Gasteiger partial charge in [-0.1, -0.05) is 24.3 Å². The van der Waals surface area contributed by atoms with E-state index in [1.807, 2.05) is 6.07 Å². The van der Waals surface area contributed by atoms with Crippen LogP contribution in [-0.4, -0.2) is 34.4 Å². The molecule has 2 aromatic heterocycles. The summed E-state index contributed by atoms with van der Waals surface area (Å²) in [5, 5.41) is 5.66. The van der Waals surface area contributed by atoms with Gasteiger partial charge in [0.1, 0.15) is 16.5 Å². The van der Waals surface area contributed by atoms with Gasteiger partial charge in [-0.05, 0) is 74.7 Å². The van der Waals surface area contributed by atoms with Crippen LogP contribution in [0.5, 0.6) is 0 Å². The Morgan fingerprint density at radius 1 is 1.00 bits per heavy atom. The van der Waals surface area contributed by atoms with Gasteiger partial charge >= 0.3 is 0 Å². The molecule has 0 aliphatic rings. The molecule has 0 unspecified atom stereocenters. The average molecular weight is 590 g/mol. The molecule has 8 nitrogen and oxygen atoms in total. The standard InChI is InChI=1S/C30H28FN5O3S2/c1-19(2)41(38,39)29-25(14-13-24-28(29)40-18-33-24)35-27-15-16-32-30(36-27)34-23-7-4-6-21(17-23)26(37)8-3-5-20-9-11-22(31)12-10-20/h4,6-7,9-19H,3,5,8H2,1-2H3,(H2,32,34,35,36). The zero-order valence-corrected chi connectivity index (χ0v) is 24.1. The molecule has 210 valence electrons. The van der Waals surface area contributed by atoms with E-state index in [1.165, 1.54) is 23.5 Å². The monoisotopic (exact) mass is 589 g/mol. The summed E-state index contributed by atoms with van der Waals surface area (Å²) in [4.78, 5) is 26.1. The Hall–Kier alpha value is -4.22. The highest BCUT2D eigenvalue weighted by Gasteiger charge is 2.27. The van der Waals surface area contributed by atoms with Crippen LogP contribution in [0, 0.1) is 5.82 Å². The summed E-state index contributed by atoms with van der Waals surface area (Å²) < 4.78 is 40.2. The number of carbonyl (C=O) groups excluding carboxylic acids is 1. The van der Waals surface area contributed by atoms with Crippen LogP contribution in [0.3, 0.4) is 0 Å². The number of rotatable bonds is 11. The third kappa shape index (κ3) is 6.58. The molecule has 0 saturated heterocycles. The van der Waals surface area contributed by atoms with Gasteiger partial charge in [0.15, 0.2) is 15.6 Å². The van der Waals surface area contributed by atoms with Gasteiger partial charge in [0.05, 0.1) is 26.7 Å². The molecule has 3 aromatic carbocycles. The van der Waals surface area contributed by atoms with E-state index in [2.05, 4.69) is 25.6 Å². The minimum atomic E-state index is -3.62. The quantitative estimate of drug-likeness (QED) is 0.157. The van der Waals surface area contributed by atoms with Crippen LogP contribution in [0.4, 0.5) is 27.5 Å². The minimum absolute atomic E-state index is 0.00412. The fourth-order valence-corrected chi connectivity index (χ4v) is 6.78. The number of fused-ring (bicyclic) bond motifs is 1. The van der Waals surface area contributed by atoms with Crippen molar-refractivity contribution in [2.24, 2.45) is 0 Å². The van der Waals surface area contributed by atoms with E-state index in [1.54, 1.807) is 74.1 Å². The summed E-state index contributed by atoms with van der Waals surface area (Å²) in [7, 11) is -3.62. The lowest BCUT2D eigenvalue weighted by molar-refractivity contribution is 0.0980. The number of ketones is 1. The zero-order valence-electron chi connectivity index (χ0n) is 22.5. The average Bonchev–Trinajstić information content (AvgIpc) is 3.43. The molecule has 5 rings (SSSR count). The van der Waals surface area contributed by atoms with Crippen LogP contribution in [0.15, 0.2) is 83.3 Å². The lowest BCUT2D eigenvalue weighted by Gasteiger charge is -2.15. The van der Waals surface area contributed by atoms with Gasteiger partial charge in [-0.25, -0.2) is 22.8 Å². The van der Waals surface area contributed by atoms with Crippen LogP contribution in [0.2, 0.25) is 0 Å². The third-order valence-electron chi connectivity index (χ3n) is 6.50. The highest BCUT2D eigenvalue weighted by Crippen LogP contribution is 2.36. The number of sulfone groups is 1. The summed E-state index contributed by atoms with van der Waals surface area (Å²) >= 11 is 1.28. The van der Waals surface area contributed by atoms with Crippen LogP contribution >= 0.6 is 11.3 Å². The Bertz CT molecular complexity index is 1810. The zero-order chi connectivity index (χ0) is 29.0. The topological polar surface area (TPSA) is 114 Å². The summed E-state index contributed by atoms with van der Waals surface area (Å²) in [5.74, 6) is 0.410. The Labute approximate surface area is 241 Å². The molecule has 0 saturated carbocycles. The highest BCUT2D eigenvalue weighted by atomic mass is 32.2. The molecule has 2 heterocycles. The van der Waals surface area contributed by atoms with Gasteiger partial charge in [-0.15, -0.1) is 11.3 Å². The van der Waals surface area contributed by atoms with E-state index < -0.39 is 15.1 Å². The highest BCUT2D eigenvalue weighted by molar-refractivity contribution is 7.92. The first-order valence-electron chi connectivity index (χ1n) is 13.1. The van der Waals surface area contributed by atoms with Crippen molar-refractivity contribution in [1.82, 2.24) is 15.0 Å². The van der Waals surface area contributed by atoms with E-state index in [9.17, 15) is 17.6 Å². The number of hydrogen-bond acceptors (Lipinski definition) is 9. The molecule has 0 atom stereocenters. The maximum Gasteiger partial charge on any atom is 0.229 e. The summed E-state index contributed by atoms with van der Waals surface area (Å²) in [6, 6.07) is 18.5. The first-order chi connectivity index (χ1) is 19.7. The molecular weight excluding hydrogens is 561 g/mol. The first kappa shape index (κ1) is 28.3. The molecule has 41 heavy (non-hydrogen) atoms. The van der Waals surface area contributed by atoms with Crippen molar-refractivity contribution < 1.29 is 17.6 Å². The molecule has 0 radical (unpaired) electrons. The fraction of sp³-hybridized carbons (Fsp3) is 0.200. The number of benzene rings is 3. The van der Waals surface area contributed by atoms with Gasteiger partial charge in [-0.3, -0.25) is 4.79 Å². The Balaban J connectivity index is 1.30. The molecule has 2 N–H and O–H groups in total. The second-order valence-electron chi connectivity index (χ2n) is 9.74. The largest absolute Gasteiger partial charge is 0.339 e. The van der Waals surface area contributed by atoms with Crippen LogP contribution in [-0.2, 0) is 16.3 Å². The van der Waals surface area contributed by atoms with Crippen molar-refractivity contribution in [3.8, 4) is 0 Å². The van der Waals surface area contributed by atoms with Crippen LogP contribution in [0.25, 0.3) is 10.2 Å².